The molecule has 29 heavy (non-hydrogen) atoms. The highest BCUT2D eigenvalue weighted by Gasteiger charge is 2.15. The summed E-state index contributed by atoms with van der Waals surface area (Å²) >= 11 is 6.10. The third-order valence-electron chi connectivity index (χ3n) is 4.62. The van der Waals surface area contributed by atoms with Gasteiger partial charge in [-0.25, -0.2) is 4.79 Å². The number of hydrogen-bond acceptors (Lipinski definition) is 4. The van der Waals surface area contributed by atoms with Crippen LogP contribution in [0.4, 0.5) is 5.69 Å². The fraction of sp³-hybridized carbons (Fsp3) is 0.286. The average molecular weight is 416 g/mol. The lowest BCUT2D eigenvalue weighted by Crippen LogP contribution is -2.42. The summed E-state index contributed by atoms with van der Waals surface area (Å²) in [6.07, 6.45) is 0.512. The minimum absolute atomic E-state index is 0.214. The molecule has 0 atom stereocenters. The van der Waals surface area contributed by atoms with Crippen LogP contribution in [0.25, 0.3) is 10.9 Å². The zero-order valence-corrected chi connectivity index (χ0v) is 17.0. The van der Waals surface area contributed by atoms with Gasteiger partial charge in [0.05, 0.1) is 10.9 Å². The topological polar surface area (TPSA) is 82.3 Å². The fourth-order valence-electron chi connectivity index (χ4n) is 3.10. The van der Waals surface area contributed by atoms with Gasteiger partial charge in [-0.2, -0.15) is 0 Å². The number of ether oxygens (including phenoxy) is 1. The van der Waals surface area contributed by atoms with E-state index in [1.807, 2.05) is 6.92 Å². The molecule has 8 heteroatoms. The number of carbonyl (C=O) groups is 1. The van der Waals surface area contributed by atoms with Gasteiger partial charge in [0.25, 0.3) is 5.56 Å². The van der Waals surface area contributed by atoms with Crippen LogP contribution in [0.3, 0.4) is 0 Å². The molecular weight excluding hydrogens is 394 g/mol. The molecule has 0 spiro atoms. The van der Waals surface area contributed by atoms with E-state index in [-0.39, 0.29) is 24.6 Å². The number of anilines is 1. The molecule has 0 aliphatic heterocycles. The lowest BCUT2D eigenvalue weighted by Gasteiger charge is -2.14. The van der Waals surface area contributed by atoms with Gasteiger partial charge in [-0.3, -0.25) is 18.7 Å². The molecule has 0 radical (unpaired) electrons. The minimum Gasteiger partial charge on any atom is -0.385 e. The molecule has 3 aromatic rings. The highest BCUT2D eigenvalue weighted by molar-refractivity contribution is 6.31. The molecule has 7 nitrogen and oxygen atoms in total. The Labute approximate surface area is 172 Å². The van der Waals surface area contributed by atoms with Crippen molar-refractivity contribution in [2.75, 3.05) is 19.0 Å². The lowest BCUT2D eigenvalue weighted by atomic mass is 10.2. The molecule has 0 aliphatic carbocycles. The number of benzene rings is 2. The van der Waals surface area contributed by atoms with E-state index in [4.69, 9.17) is 16.3 Å². The number of nitrogens with one attached hydrogen (secondary N) is 1. The second-order valence-electron chi connectivity index (χ2n) is 6.70. The van der Waals surface area contributed by atoms with Crippen LogP contribution in [-0.4, -0.2) is 28.8 Å². The fourth-order valence-corrected chi connectivity index (χ4v) is 3.28. The largest absolute Gasteiger partial charge is 0.385 e. The number of para-hydroxylation sites is 1. The summed E-state index contributed by atoms with van der Waals surface area (Å²) in [5.41, 5.74) is 0.958. The van der Waals surface area contributed by atoms with Crippen molar-refractivity contribution in [3.8, 4) is 0 Å². The number of nitrogens with zero attached hydrogens (tertiary/aromatic N) is 2. The van der Waals surface area contributed by atoms with E-state index >= 15 is 0 Å². The van der Waals surface area contributed by atoms with E-state index < -0.39 is 5.69 Å². The number of carbonyl (C=O) groups excluding carboxylic acids is 1. The van der Waals surface area contributed by atoms with Crippen molar-refractivity contribution < 1.29 is 9.53 Å². The van der Waals surface area contributed by atoms with Crippen molar-refractivity contribution in [1.29, 1.82) is 0 Å². The molecule has 1 N–H and O–H groups in total. The number of amides is 1. The van der Waals surface area contributed by atoms with Crippen molar-refractivity contribution in [3.05, 3.63) is 73.9 Å². The third kappa shape index (κ3) is 4.58. The minimum atomic E-state index is -0.526. The summed E-state index contributed by atoms with van der Waals surface area (Å²) in [6.45, 7) is 2.28. The van der Waals surface area contributed by atoms with Gasteiger partial charge in [-0.15, -0.1) is 0 Å². The first-order valence-electron chi connectivity index (χ1n) is 9.19. The second-order valence-corrected chi connectivity index (χ2v) is 7.11. The standard InChI is InChI=1S/C21H22ClN3O4/c1-14-8-9-15(12-17(14)22)23-19(26)13-25-18-7-4-3-6-16(18)20(27)24(21(25)28)10-5-11-29-2/h3-4,6-9,12H,5,10-11,13H2,1-2H3,(H,23,26). The normalized spacial score (nSPS) is 11.0. The predicted octanol–water partition coefficient (Wildman–Crippen LogP) is 2.80. The zero-order valence-electron chi connectivity index (χ0n) is 16.3. The van der Waals surface area contributed by atoms with Crippen LogP contribution in [0.5, 0.6) is 0 Å². The van der Waals surface area contributed by atoms with Gasteiger partial charge in [0.2, 0.25) is 5.91 Å². The molecule has 0 bridgehead atoms. The van der Waals surface area contributed by atoms with Crippen molar-refractivity contribution in [2.45, 2.75) is 26.4 Å². The van der Waals surface area contributed by atoms with E-state index in [2.05, 4.69) is 5.32 Å². The van der Waals surface area contributed by atoms with Crippen LogP contribution < -0.4 is 16.6 Å². The number of hydrogen-bond donors (Lipinski definition) is 1. The Hall–Kier alpha value is -2.90. The molecule has 1 aromatic heterocycles. The molecule has 3 rings (SSSR count). The average Bonchev–Trinajstić information content (AvgIpc) is 2.70. The van der Waals surface area contributed by atoms with Crippen molar-refractivity contribution in [3.63, 3.8) is 0 Å². The zero-order chi connectivity index (χ0) is 21.0. The molecule has 0 fully saturated rings. The number of halogens is 1. The number of aryl methyl sites for hydroxylation is 1. The van der Waals surface area contributed by atoms with Crippen LogP contribution in [-0.2, 0) is 22.6 Å². The van der Waals surface area contributed by atoms with Gasteiger partial charge >= 0.3 is 5.69 Å². The van der Waals surface area contributed by atoms with E-state index in [0.29, 0.717) is 34.6 Å². The highest BCUT2D eigenvalue weighted by atomic mass is 35.5. The Kier molecular flexibility index (Phi) is 6.51. The molecule has 0 saturated carbocycles. The number of fused-ring (bicyclic) bond motifs is 1. The Morgan fingerprint density at radius 2 is 1.90 bits per heavy atom. The summed E-state index contributed by atoms with van der Waals surface area (Å²) in [5.74, 6) is -0.390. The van der Waals surface area contributed by atoms with Crippen LogP contribution >= 0.6 is 11.6 Å². The van der Waals surface area contributed by atoms with Gasteiger partial charge in [-0.05, 0) is 43.2 Å². The van der Waals surface area contributed by atoms with E-state index in [0.717, 1.165) is 10.1 Å². The lowest BCUT2D eigenvalue weighted by molar-refractivity contribution is -0.116. The van der Waals surface area contributed by atoms with E-state index in [9.17, 15) is 14.4 Å². The van der Waals surface area contributed by atoms with Crippen LogP contribution in [0.15, 0.2) is 52.1 Å². The van der Waals surface area contributed by atoms with Crippen molar-refractivity contribution in [2.24, 2.45) is 0 Å². The second kappa shape index (κ2) is 9.07. The van der Waals surface area contributed by atoms with Gasteiger partial charge in [-0.1, -0.05) is 29.8 Å². The molecule has 2 aromatic carbocycles. The molecule has 1 amide bonds. The quantitative estimate of drug-likeness (QED) is 0.601. The van der Waals surface area contributed by atoms with Crippen molar-refractivity contribution in [1.82, 2.24) is 9.13 Å². The molecule has 1 heterocycles. The highest BCUT2D eigenvalue weighted by Crippen LogP contribution is 2.20. The molecule has 0 unspecified atom stereocenters. The molecular formula is C21H22ClN3O4. The Morgan fingerprint density at radius 3 is 2.62 bits per heavy atom. The smallest absolute Gasteiger partial charge is 0.331 e. The number of methoxy groups -OCH3 is 1. The van der Waals surface area contributed by atoms with Gasteiger partial charge < -0.3 is 10.1 Å². The van der Waals surface area contributed by atoms with Crippen LogP contribution in [0, 0.1) is 6.92 Å². The Bertz CT molecular complexity index is 1170. The Morgan fingerprint density at radius 1 is 1.14 bits per heavy atom. The van der Waals surface area contributed by atoms with Gasteiger partial charge in [0.15, 0.2) is 0 Å². The van der Waals surface area contributed by atoms with Gasteiger partial charge in [0, 0.05) is 31.0 Å². The maximum atomic E-state index is 13.0. The SMILES string of the molecule is COCCCn1c(=O)c2ccccc2n(CC(=O)Nc2ccc(C)c(Cl)c2)c1=O. The summed E-state index contributed by atoms with van der Waals surface area (Å²) in [5, 5.41) is 3.67. The predicted molar refractivity (Wildman–Crippen MR) is 114 cm³/mol. The summed E-state index contributed by atoms with van der Waals surface area (Å²) < 4.78 is 7.48. The Balaban J connectivity index is 1.96. The number of rotatable bonds is 7. The molecule has 0 aliphatic rings. The maximum Gasteiger partial charge on any atom is 0.331 e. The summed E-state index contributed by atoms with van der Waals surface area (Å²) in [6, 6.07) is 12.0. The molecule has 152 valence electrons. The first kappa shape index (κ1) is 20.8. The maximum absolute atomic E-state index is 13.0. The first-order chi connectivity index (χ1) is 13.9. The summed E-state index contributed by atoms with van der Waals surface area (Å²) in [4.78, 5) is 38.3. The summed E-state index contributed by atoms with van der Waals surface area (Å²) in [7, 11) is 1.56. The van der Waals surface area contributed by atoms with Crippen LogP contribution in [0.1, 0.15) is 12.0 Å². The van der Waals surface area contributed by atoms with E-state index in [1.165, 1.54) is 4.57 Å². The third-order valence-corrected chi connectivity index (χ3v) is 5.03. The van der Waals surface area contributed by atoms with Gasteiger partial charge in [0.1, 0.15) is 6.54 Å². The number of aromatic nitrogens is 2. The first-order valence-corrected chi connectivity index (χ1v) is 9.57. The van der Waals surface area contributed by atoms with E-state index in [1.54, 1.807) is 49.6 Å². The monoisotopic (exact) mass is 415 g/mol. The van der Waals surface area contributed by atoms with Crippen LogP contribution in [0.2, 0.25) is 5.02 Å². The van der Waals surface area contributed by atoms with Crippen molar-refractivity contribution >= 4 is 34.1 Å². The molecule has 0 saturated heterocycles.